The number of aromatic nitrogens is 1. The molecule has 0 aliphatic carbocycles. The number of aromatic hydroxyl groups is 1. The number of amides is 1. The predicted octanol–water partition coefficient (Wildman–Crippen LogP) is 6.49. The van der Waals surface area contributed by atoms with Crippen molar-refractivity contribution in [3.63, 3.8) is 0 Å². The number of pyridine rings is 1. The fourth-order valence-corrected chi connectivity index (χ4v) is 3.75. The number of nitrogens with one attached hydrogen (secondary N) is 1. The number of aryl methyl sites for hydroxylation is 1. The normalized spacial score (nSPS) is 11.5. The number of nitrogens with zero attached hydrogens (tertiary/aromatic N) is 1. The van der Waals surface area contributed by atoms with Crippen molar-refractivity contribution in [3.05, 3.63) is 66.4 Å². The summed E-state index contributed by atoms with van der Waals surface area (Å²) >= 11 is 0. The van der Waals surface area contributed by atoms with E-state index in [1.165, 1.54) is 18.2 Å². The molecule has 0 aliphatic rings. The maximum Gasteiger partial charge on any atom is 0.224 e. The third-order valence-electron chi connectivity index (χ3n) is 5.71. The summed E-state index contributed by atoms with van der Waals surface area (Å²) in [6.07, 6.45) is 8.42. The summed E-state index contributed by atoms with van der Waals surface area (Å²) in [5.41, 5.74) is 2.79. The van der Waals surface area contributed by atoms with Crippen molar-refractivity contribution in [2.45, 2.75) is 58.8 Å². The first-order chi connectivity index (χ1) is 14.4. The molecule has 2 N–H and O–H groups in total. The Bertz CT molecular complexity index is 967. The topological polar surface area (TPSA) is 62.2 Å². The average Bonchev–Trinajstić information content (AvgIpc) is 2.75. The summed E-state index contributed by atoms with van der Waals surface area (Å²) in [5.74, 6) is -0.000153. The Kier molecular flexibility index (Phi) is 7.45. The molecule has 0 atom stereocenters. The van der Waals surface area contributed by atoms with E-state index >= 15 is 0 Å². The molecular formula is C26H32N2O2. The summed E-state index contributed by atoms with van der Waals surface area (Å²) in [6, 6.07) is 18.0. The van der Waals surface area contributed by atoms with Crippen LogP contribution in [-0.4, -0.2) is 16.0 Å². The van der Waals surface area contributed by atoms with Crippen LogP contribution in [0.2, 0.25) is 0 Å². The van der Waals surface area contributed by atoms with Crippen molar-refractivity contribution < 1.29 is 9.90 Å². The molecule has 4 nitrogen and oxygen atoms in total. The molecule has 158 valence electrons. The monoisotopic (exact) mass is 404 g/mol. The van der Waals surface area contributed by atoms with Crippen molar-refractivity contribution >= 4 is 22.5 Å². The highest BCUT2D eigenvalue weighted by Crippen LogP contribution is 2.31. The lowest BCUT2D eigenvalue weighted by Gasteiger charge is -2.24. The molecule has 1 amide bonds. The van der Waals surface area contributed by atoms with Gasteiger partial charge in [0.15, 0.2) is 0 Å². The molecule has 0 bridgehead atoms. The molecule has 1 aromatic heterocycles. The molecule has 0 saturated carbocycles. The number of carbonyl (C=O) groups is 1. The number of para-hydroxylation sites is 1. The third kappa shape index (κ3) is 6.31. The van der Waals surface area contributed by atoms with Crippen LogP contribution in [0.4, 0.5) is 5.69 Å². The van der Waals surface area contributed by atoms with Crippen molar-refractivity contribution in [3.8, 4) is 5.75 Å². The SMILES string of the molecule is CC(C)(CCCCCC(=O)Nc1cnc2ccccc2c1O)CCc1ccccc1. The zero-order valence-electron chi connectivity index (χ0n) is 18.0. The lowest BCUT2D eigenvalue weighted by molar-refractivity contribution is -0.116. The van der Waals surface area contributed by atoms with Gasteiger partial charge in [0, 0.05) is 11.8 Å². The summed E-state index contributed by atoms with van der Waals surface area (Å²) in [7, 11) is 0. The molecule has 0 fully saturated rings. The van der Waals surface area contributed by atoms with Crippen LogP contribution in [-0.2, 0) is 11.2 Å². The fourth-order valence-electron chi connectivity index (χ4n) is 3.75. The Balaban J connectivity index is 1.37. The maximum atomic E-state index is 12.3. The second-order valence-electron chi connectivity index (χ2n) is 8.80. The zero-order chi connectivity index (χ0) is 21.4. The van der Waals surface area contributed by atoms with Crippen molar-refractivity contribution in [1.82, 2.24) is 4.98 Å². The van der Waals surface area contributed by atoms with E-state index in [1.807, 2.05) is 18.2 Å². The molecule has 1 heterocycles. The van der Waals surface area contributed by atoms with Crippen LogP contribution in [0.25, 0.3) is 10.9 Å². The number of carbonyl (C=O) groups excluding carboxylic acids is 1. The highest BCUT2D eigenvalue weighted by molar-refractivity contribution is 5.97. The molecule has 0 radical (unpaired) electrons. The first-order valence-electron chi connectivity index (χ1n) is 10.9. The second kappa shape index (κ2) is 10.2. The fraction of sp³-hybridized carbons (Fsp3) is 0.385. The number of rotatable bonds is 10. The Morgan fingerprint density at radius 3 is 2.50 bits per heavy atom. The molecule has 3 rings (SSSR count). The molecule has 0 spiro atoms. The molecule has 0 unspecified atom stereocenters. The number of hydrogen-bond donors (Lipinski definition) is 2. The Labute approximate surface area is 179 Å². The van der Waals surface area contributed by atoms with E-state index in [-0.39, 0.29) is 11.7 Å². The predicted molar refractivity (Wildman–Crippen MR) is 124 cm³/mol. The van der Waals surface area contributed by atoms with Gasteiger partial charge in [-0.3, -0.25) is 9.78 Å². The van der Waals surface area contributed by atoms with Crippen molar-refractivity contribution in [1.29, 1.82) is 0 Å². The summed E-state index contributed by atoms with van der Waals surface area (Å²) in [5, 5.41) is 13.8. The van der Waals surface area contributed by atoms with Gasteiger partial charge in [-0.2, -0.15) is 0 Å². The van der Waals surface area contributed by atoms with Crippen LogP contribution in [0.5, 0.6) is 5.75 Å². The van der Waals surface area contributed by atoms with Gasteiger partial charge in [-0.05, 0) is 48.8 Å². The first kappa shape index (κ1) is 21.8. The van der Waals surface area contributed by atoms with Gasteiger partial charge < -0.3 is 10.4 Å². The van der Waals surface area contributed by atoms with Gasteiger partial charge in [0.05, 0.1) is 11.7 Å². The molecule has 3 aromatic rings. The minimum atomic E-state index is -0.0780. The van der Waals surface area contributed by atoms with Gasteiger partial charge in [0.2, 0.25) is 5.91 Å². The summed E-state index contributed by atoms with van der Waals surface area (Å²) in [6.45, 7) is 4.66. The van der Waals surface area contributed by atoms with Crippen LogP contribution in [0, 0.1) is 5.41 Å². The number of anilines is 1. The largest absolute Gasteiger partial charge is 0.505 e. The van der Waals surface area contributed by atoms with Crippen LogP contribution in [0.3, 0.4) is 0 Å². The van der Waals surface area contributed by atoms with Gasteiger partial charge in [-0.15, -0.1) is 0 Å². The minimum absolute atomic E-state index is 0.0779. The molecule has 2 aromatic carbocycles. The number of benzene rings is 2. The quantitative estimate of drug-likeness (QED) is 0.380. The van der Waals surface area contributed by atoms with E-state index in [9.17, 15) is 9.90 Å². The van der Waals surface area contributed by atoms with E-state index in [4.69, 9.17) is 0 Å². The Hall–Kier alpha value is -2.88. The zero-order valence-corrected chi connectivity index (χ0v) is 18.0. The highest BCUT2D eigenvalue weighted by Gasteiger charge is 2.17. The molecule has 4 heteroatoms. The average molecular weight is 405 g/mol. The van der Waals surface area contributed by atoms with E-state index in [0.717, 1.165) is 32.1 Å². The lowest BCUT2D eigenvalue weighted by atomic mass is 9.81. The first-order valence-corrected chi connectivity index (χ1v) is 10.9. The molecule has 0 aliphatic heterocycles. The highest BCUT2D eigenvalue weighted by atomic mass is 16.3. The number of fused-ring (bicyclic) bond motifs is 1. The Morgan fingerprint density at radius 2 is 1.70 bits per heavy atom. The van der Waals surface area contributed by atoms with E-state index in [1.54, 1.807) is 6.07 Å². The lowest BCUT2D eigenvalue weighted by Crippen LogP contribution is -2.13. The molecule has 30 heavy (non-hydrogen) atoms. The van der Waals surface area contributed by atoms with Gasteiger partial charge >= 0.3 is 0 Å². The molecule has 0 saturated heterocycles. The Morgan fingerprint density at radius 1 is 0.967 bits per heavy atom. The number of unbranched alkanes of at least 4 members (excludes halogenated alkanes) is 2. The van der Waals surface area contributed by atoms with Crippen LogP contribution < -0.4 is 5.32 Å². The van der Waals surface area contributed by atoms with Crippen molar-refractivity contribution in [2.75, 3.05) is 5.32 Å². The molecular weight excluding hydrogens is 372 g/mol. The van der Waals surface area contributed by atoms with E-state index in [2.05, 4.69) is 54.5 Å². The van der Waals surface area contributed by atoms with Gasteiger partial charge in [-0.25, -0.2) is 0 Å². The second-order valence-corrected chi connectivity index (χ2v) is 8.80. The van der Waals surface area contributed by atoms with Crippen LogP contribution >= 0.6 is 0 Å². The van der Waals surface area contributed by atoms with E-state index in [0.29, 0.717) is 28.4 Å². The van der Waals surface area contributed by atoms with Gasteiger partial charge in [0.1, 0.15) is 11.4 Å². The summed E-state index contributed by atoms with van der Waals surface area (Å²) in [4.78, 5) is 16.6. The van der Waals surface area contributed by atoms with E-state index < -0.39 is 0 Å². The minimum Gasteiger partial charge on any atom is -0.505 e. The van der Waals surface area contributed by atoms with Gasteiger partial charge in [0.25, 0.3) is 0 Å². The standard InChI is InChI=1S/C26H32N2O2/c1-26(2,18-16-20-11-5-3-6-12-20)17-10-4-7-15-24(29)28-23-19-27-22-14-9-8-13-21(22)25(23)30/h3,5-6,8-9,11-14,19H,4,7,10,15-18H2,1-2H3,(H,27,30)(H,28,29). The van der Waals surface area contributed by atoms with Gasteiger partial charge in [-0.1, -0.05) is 69.2 Å². The number of hydrogen-bond acceptors (Lipinski definition) is 3. The maximum absolute atomic E-state index is 12.3. The van der Waals surface area contributed by atoms with Crippen molar-refractivity contribution in [2.24, 2.45) is 5.41 Å². The van der Waals surface area contributed by atoms with Crippen LogP contribution in [0.1, 0.15) is 57.9 Å². The third-order valence-corrected chi connectivity index (χ3v) is 5.71. The summed E-state index contributed by atoms with van der Waals surface area (Å²) < 4.78 is 0. The smallest absolute Gasteiger partial charge is 0.224 e. The van der Waals surface area contributed by atoms with Crippen LogP contribution in [0.15, 0.2) is 60.8 Å².